The largest absolute Gasteiger partial charge is 3.00 e. The number of benzene rings is 5. The van der Waals surface area contributed by atoms with Crippen LogP contribution in [0.3, 0.4) is 0 Å². The number of azo groups is 2. The maximum atomic E-state index is 12.5. The van der Waals surface area contributed by atoms with Crippen molar-refractivity contribution in [3.63, 3.8) is 0 Å². The van der Waals surface area contributed by atoms with Gasteiger partial charge in [0.1, 0.15) is 5.69 Å². The number of nitrogens with one attached hydrogen (secondary N) is 3. The number of sulfonamides is 2. The Morgan fingerprint density at radius 3 is 1.72 bits per heavy atom. The van der Waals surface area contributed by atoms with Crippen LogP contribution in [0.2, 0.25) is 0 Å². The summed E-state index contributed by atoms with van der Waals surface area (Å²) in [5.74, 6) is -1.87. The fourth-order valence-corrected chi connectivity index (χ4v) is 6.52. The van der Waals surface area contributed by atoms with Crippen LogP contribution in [-0.4, -0.2) is 41.5 Å². The van der Waals surface area contributed by atoms with Crippen LogP contribution in [0.25, 0.3) is 16.5 Å². The normalized spacial score (nSPS) is 11.4. The van der Waals surface area contributed by atoms with Crippen LogP contribution in [0.4, 0.5) is 28.4 Å². The van der Waals surface area contributed by atoms with Crippen molar-refractivity contribution < 1.29 is 83.9 Å². The first kappa shape index (κ1) is 47.2. The summed E-state index contributed by atoms with van der Waals surface area (Å²) >= 11 is 0. The Balaban J connectivity index is 0.000000301. The minimum absolute atomic E-state index is 0. The van der Waals surface area contributed by atoms with Crippen molar-refractivity contribution in [2.75, 3.05) is 19.4 Å². The monoisotopic (exact) mass is 872 g/mol. The number of aromatic nitrogens is 2. The van der Waals surface area contributed by atoms with Crippen molar-refractivity contribution in [3.05, 3.63) is 113 Å². The zero-order chi connectivity index (χ0) is 40.8. The first-order valence-electron chi connectivity index (χ1n) is 16.2. The summed E-state index contributed by atoms with van der Waals surface area (Å²) < 4.78 is 53.1. The summed E-state index contributed by atoms with van der Waals surface area (Å²) in [7, 11) is -5.02. The number of para-hydroxylation sites is 1. The SMILES string of the molecule is CNS(=O)(=O)c1ccc([O-])c(N=Nc2c(C)[n-]n(-c3ccccc3)c2=O)c1.CNS(=O)(=O)c1ccc([O-])c(N=Nc2c([O-])ccc3cccc(NC(C)=O)c23)c1.[Cr+3].[Na+]. The summed E-state index contributed by atoms with van der Waals surface area (Å²) in [4.78, 5) is 23.7. The predicted octanol–water partition coefficient (Wildman–Crippen LogP) is 0.771. The molecule has 5 aromatic carbocycles. The summed E-state index contributed by atoms with van der Waals surface area (Å²) in [6, 6.07) is 23.4. The molecule has 0 fully saturated rings. The van der Waals surface area contributed by atoms with Gasteiger partial charge in [-0.25, -0.2) is 26.3 Å². The average Bonchev–Trinajstić information content (AvgIpc) is 3.46. The van der Waals surface area contributed by atoms with Crippen LogP contribution in [0.5, 0.6) is 17.2 Å². The van der Waals surface area contributed by atoms with E-state index in [0.717, 1.165) is 30.3 Å². The molecular weight excluding hydrogens is 842 g/mol. The van der Waals surface area contributed by atoms with Gasteiger partial charge in [-0.15, -0.1) is 10.8 Å². The molecule has 0 saturated carbocycles. The van der Waals surface area contributed by atoms with E-state index in [9.17, 15) is 41.7 Å². The van der Waals surface area contributed by atoms with Gasteiger partial charge in [0.25, 0.3) is 5.56 Å². The molecular formula is C36H31CrN9NaO9S2. The van der Waals surface area contributed by atoms with Gasteiger partial charge in [0.05, 0.1) is 32.5 Å². The second kappa shape index (κ2) is 20.0. The van der Waals surface area contributed by atoms with Crippen LogP contribution in [-0.2, 0) is 42.2 Å². The second-order valence-electron chi connectivity index (χ2n) is 11.6. The fourth-order valence-electron chi connectivity index (χ4n) is 5.02. The van der Waals surface area contributed by atoms with E-state index in [1.165, 1.54) is 37.8 Å². The Morgan fingerprint density at radius 1 is 0.690 bits per heavy atom. The van der Waals surface area contributed by atoms with Crippen LogP contribution in [0, 0.1) is 6.92 Å². The molecule has 0 aliphatic heterocycles. The van der Waals surface area contributed by atoms with E-state index in [1.54, 1.807) is 55.5 Å². The molecule has 3 N–H and O–H groups in total. The summed E-state index contributed by atoms with van der Waals surface area (Å²) in [5.41, 5.74) is 0.239. The molecule has 18 nitrogen and oxygen atoms in total. The molecule has 58 heavy (non-hydrogen) atoms. The zero-order valence-corrected chi connectivity index (χ0v) is 36.2. The molecule has 0 unspecified atom stereocenters. The number of nitrogens with zero attached hydrogens (tertiary/aromatic N) is 6. The van der Waals surface area contributed by atoms with E-state index in [-0.39, 0.29) is 85.4 Å². The minimum atomic E-state index is -3.78. The van der Waals surface area contributed by atoms with Crippen LogP contribution >= 0.6 is 0 Å². The first-order chi connectivity index (χ1) is 26.6. The van der Waals surface area contributed by atoms with Crippen molar-refractivity contribution in [2.24, 2.45) is 20.5 Å². The molecule has 0 aliphatic carbocycles. The fraction of sp³-hybridized carbons (Fsp3) is 0.111. The van der Waals surface area contributed by atoms with Crippen molar-refractivity contribution >= 4 is 65.2 Å². The minimum Gasteiger partial charge on any atom is -0.871 e. The van der Waals surface area contributed by atoms with Crippen LogP contribution in [0.1, 0.15) is 12.6 Å². The Morgan fingerprint density at radius 2 is 1.21 bits per heavy atom. The summed E-state index contributed by atoms with van der Waals surface area (Å²) in [5, 5.41) is 59.6. The number of rotatable bonds is 10. The smallest absolute Gasteiger partial charge is 0.871 e. The van der Waals surface area contributed by atoms with E-state index in [4.69, 9.17) is 0 Å². The van der Waals surface area contributed by atoms with Gasteiger partial charge in [-0.2, -0.15) is 15.3 Å². The molecule has 22 heteroatoms. The van der Waals surface area contributed by atoms with Crippen molar-refractivity contribution in [1.82, 2.24) is 19.2 Å². The zero-order valence-electron chi connectivity index (χ0n) is 31.3. The Kier molecular flexibility index (Phi) is 16.2. The number of hydrogen-bond donors (Lipinski definition) is 3. The number of anilines is 1. The molecule has 0 saturated heterocycles. The van der Waals surface area contributed by atoms with Gasteiger partial charge in [0.15, 0.2) is 0 Å². The Hall–Kier alpha value is -5.21. The molecule has 293 valence electrons. The van der Waals surface area contributed by atoms with Gasteiger partial charge >= 0.3 is 46.9 Å². The van der Waals surface area contributed by atoms with Crippen molar-refractivity contribution in [1.29, 1.82) is 0 Å². The van der Waals surface area contributed by atoms with Gasteiger partial charge < -0.3 is 30.4 Å². The number of fused-ring (bicyclic) bond motifs is 1. The second-order valence-corrected chi connectivity index (χ2v) is 15.3. The molecule has 1 aromatic heterocycles. The van der Waals surface area contributed by atoms with Crippen molar-refractivity contribution in [3.8, 4) is 22.9 Å². The molecule has 0 aliphatic rings. The van der Waals surface area contributed by atoms with E-state index >= 15 is 0 Å². The van der Waals surface area contributed by atoms with Crippen molar-refractivity contribution in [2.45, 2.75) is 23.6 Å². The molecule has 1 radical (unpaired) electrons. The predicted molar refractivity (Wildman–Crippen MR) is 200 cm³/mol. The van der Waals surface area contributed by atoms with Crippen LogP contribution < -0.4 is 70.3 Å². The third kappa shape index (κ3) is 10.8. The van der Waals surface area contributed by atoms with Gasteiger partial charge in [-0.1, -0.05) is 78.8 Å². The number of carbonyl (C=O) groups is 1. The number of hydrogen-bond acceptors (Lipinski definition) is 13. The molecule has 1 heterocycles. The van der Waals surface area contributed by atoms with Gasteiger partial charge in [0, 0.05) is 18.0 Å². The quantitative estimate of drug-likeness (QED) is 0.128. The van der Waals surface area contributed by atoms with Gasteiger partial charge in [-0.05, 0) is 61.9 Å². The van der Waals surface area contributed by atoms with E-state index in [0.29, 0.717) is 27.8 Å². The van der Waals surface area contributed by atoms with E-state index in [2.05, 4.69) is 40.3 Å². The molecule has 6 rings (SSSR count). The maximum Gasteiger partial charge on any atom is 3.00 e. The molecule has 1 amide bonds. The number of amides is 1. The topological polar surface area (TPSA) is 276 Å². The third-order valence-electron chi connectivity index (χ3n) is 7.81. The molecule has 0 atom stereocenters. The Labute approximate surface area is 365 Å². The molecule has 0 bridgehead atoms. The van der Waals surface area contributed by atoms with Gasteiger partial charge in [-0.3, -0.25) is 9.59 Å². The Bertz CT molecular complexity index is 2800. The first-order valence-corrected chi connectivity index (χ1v) is 19.2. The summed E-state index contributed by atoms with van der Waals surface area (Å²) in [6.45, 7) is 2.92. The standard InChI is InChI=1S/C19H18N4O5S.C17H17N5O4S.Cr.Na/c1-11(24)21-14-5-3-4-12-6-8-17(26)19(18(12)14)23-22-15-10-13(7-9-16(15)25)29(27,28)20-2;1-11-16(17(24)22(21-11)12-6-4-3-5-7-12)20-19-14-10-13(8-9-15(14)23)27(25,26)18-2;;/h3-10,20,25-26H,1-2H3,(H,21,24);3-10,18H,1-2H3,(H2,19,20,21,23,24);;/q;;+3;+1/p-4. The maximum absolute atomic E-state index is 12.5. The third-order valence-corrected chi connectivity index (χ3v) is 10.6. The van der Waals surface area contributed by atoms with E-state index < -0.39 is 42.9 Å². The van der Waals surface area contributed by atoms with Gasteiger partial charge in [0.2, 0.25) is 26.0 Å². The summed E-state index contributed by atoms with van der Waals surface area (Å²) in [6.07, 6.45) is 0. The number of aryl methyl sites for hydroxylation is 1. The number of carbonyl (C=O) groups excluding carboxylic acids is 1. The molecule has 6 aromatic rings. The molecule has 0 spiro atoms. The van der Waals surface area contributed by atoms with Crippen LogP contribution in [0.15, 0.2) is 132 Å². The van der Waals surface area contributed by atoms with E-state index in [1.807, 2.05) is 6.07 Å². The average molecular weight is 873 g/mol.